The molecule has 1 aliphatic heterocycles. The molecule has 0 atom stereocenters. The molecule has 0 fully saturated rings. The van der Waals surface area contributed by atoms with E-state index in [1.165, 1.54) is 24.3 Å². The van der Waals surface area contributed by atoms with E-state index in [9.17, 15) is 8.78 Å². The van der Waals surface area contributed by atoms with Gasteiger partial charge in [-0.05, 0) is 54.4 Å². The summed E-state index contributed by atoms with van der Waals surface area (Å²) in [6.45, 7) is 4.23. The Labute approximate surface area is 123 Å². The molecule has 0 amide bonds. The van der Waals surface area contributed by atoms with Gasteiger partial charge in [0.05, 0.1) is 0 Å². The van der Waals surface area contributed by atoms with Crippen LogP contribution >= 0.6 is 0 Å². The third-order valence-corrected chi connectivity index (χ3v) is 3.78. The molecule has 3 rings (SSSR count). The Kier molecular flexibility index (Phi) is 3.88. The molecule has 2 aromatic carbocycles. The van der Waals surface area contributed by atoms with Crippen LogP contribution in [0.15, 0.2) is 36.4 Å². The first kappa shape index (κ1) is 14.0. The lowest BCUT2D eigenvalue weighted by Gasteiger charge is -2.20. The van der Waals surface area contributed by atoms with Crippen LogP contribution < -0.4 is 10.2 Å². The first-order valence-electron chi connectivity index (χ1n) is 7.23. The predicted octanol–water partition coefficient (Wildman–Crippen LogP) is 3.77. The van der Waals surface area contributed by atoms with E-state index in [-0.39, 0.29) is 11.6 Å². The van der Waals surface area contributed by atoms with Crippen LogP contribution in [0, 0.1) is 11.6 Å². The summed E-state index contributed by atoms with van der Waals surface area (Å²) in [5.74, 6) is -0.518. The van der Waals surface area contributed by atoms with E-state index < -0.39 is 0 Å². The van der Waals surface area contributed by atoms with Crippen molar-refractivity contribution in [3.05, 3.63) is 59.2 Å². The smallest absolute Gasteiger partial charge is 0.125 e. The van der Waals surface area contributed by atoms with Gasteiger partial charge in [0.2, 0.25) is 0 Å². The van der Waals surface area contributed by atoms with E-state index in [4.69, 9.17) is 0 Å². The van der Waals surface area contributed by atoms with Gasteiger partial charge in [-0.15, -0.1) is 0 Å². The Bertz CT molecular complexity index is 655. The summed E-state index contributed by atoms with van der Waals surface area (Å²) in [6.07, 6.45) is 0.856. The fourth-order valence-corrected chi connectivity index (χ4v) is 2.78. The van der Waals surface area contributed by atoms with E-state index in [1.807, 2.05) is 24.0 Å². The largest absolute Gasteiger partial charge is 0.341 e. The Morgan fingerprint density at radius 2 is 1.95 bits per heavy atom. The van der Waals surface area contributed by atoms with Gasteiger partial charge in [-0.1, -0.05) is 13.0 Å². The van der Waals surface area contributed by atoms with Crippen LogP contribution in [-0.2, 0) is 13.0 Å². The lowest BCUT2D eigenvalue weighted by Crippen LogP contribution is -2.16. The molecule has 0 bridgehead atoms. The van der Waals surface area contributed by atoms with Gasteiger partial charge in [0, 0.05) is 24.5 Å². The molecule has 0 aromatic heterocycles. The maximum absolute atomic E-state index is 13.8. The maximum Gasteiger partial charge on any atom is 0.125 e. The van der Waals surface area contributed by atoms with E-state index in [1.54, 1.807) is 0 Å². The minimum absolute atomic E-state index is 0.259. The van der Waals surface area contributed by atoms with Gasteiger partial charge in [0.1, 0.15) is 11.6 Å². The van der Waals surface area contributed by atoms with Gasteiger partial charge in [0.25, 0.3) is 0 Å². The minimum atomic E-state index is -0.259. The van der Waals surface area contributed by atoms with Crippen LogP contribution in [0.4, 0.5) is 20.2 Å². The van der Waals surface area contributed by atoms with E-state index >= 15 is 0 Å². The maximum atomic E-state index is 13.8. The summed E-state index contributed by atoms with van der Waals surface area (Å²) in [5.41, 5.74) is 3.63. The lowest BCUT2D eigenvalue weighted by atomic mass is 10.1. The Balaban J connectivity index is 1.95. The molecule has 0 unspecified atom stereocenters. The highest BCUT2D eigenvalue weighted by Gasteiger charge is 2.21. The normalized spacial score (nSPS) is 13.6. The van der Waals surface area contributed by atoms with Crippen molar-refractivity contribution >= 4 is 11.4 Å². The quantitative estimate of drug-likeness (QED) is 0.921. The molecule has 21 heavy (non-hydrogen) atoms. The number of nitrogens with one attached hydrogen (secondary N) is 1. The van der Waals surface area contributed by atoms with Gasteiger partial charge >= 0.3 is 0 Å². The second-order valence-corrected chi connectivity index (χ2v) is 5.27. The lowest BCUT2D eigenvalue weighted by molar-refractivity contribution is 0.621. The monoisotopic (exact) mass is 288 g/mol. The van der Waals surface area contributed by atoms with Crippen LogP contribution in [0.3, 0.4) is 0 Å². The van der Waals surface area contributed by atoms with Crippen LogP contribution in [0.2, 0.25) is 0 Å². The van der Waals surface area contributed by atoms with E-state index in [2.05, 4.69) is 5.32 Å². The van der Waals surface area contributed by atoms with Crippen LogP contribution in [0.25, 0.3) is 0 Å². The molecule has 110 valence electrons. The van der Waals surface area contributed by atoms with Gasteiger partial charge in [-0.3, -0.25) is 0 Å². The van der Waals surface area contributed by atoms with Crippen molar-refractivity contribution in [1.29, 1.82) is 0 Å². The molecule has 0 radical (unpaired) electrons. The number of fused-ring (bicyclic) bond motifs is 1. The van der Waals surface area contributed by atoms with Gasteiger partial charge in [0.15, 0.2) is 0 Å². The SMILES string of the molecule is CCNCc1cc(F)cc(N2CCc3ccc(F)cc32)c1. The topological polar surface area (TPSA) is 15.3 Å². The number of hydrogen-bond donors (Lipinski definition) is 1. The average Bonchev–Trinajstić information content (AvgIpc) is 2.87. The summed E-state index contributed by atoms with van der Waals surface area (Å²) < 4.78 is 27.3. The van der Waals surface area contributed by atoms with Gasteiger partial charge < -0.3 is 10.2 Å². The standard InChI is InChI=1S/C17H18F2N2/c1-2-20-11-12-7-15(19)9-16(8-12)21-6-5-13-3-4-14(18)10-17(13)21/h3-4,7-10,20H,2,5-6,11H2,1H3. The number of nitrogens with zero attached hydrogens (tertiary/aromatic N) is 1. The summed E-state index contributed by atoms with van der Waals surface area (Å²) in [5, 5.41) is 3.19. The van der Waals surface area contributed by atoms with Crippen molar-refractivity contribution < 1.29 is 8.78 Å². The first-order chi connectivity index (χ1) is 10.2. The molecular weight excluding hydrogens is 270 g/mol. The molecule has 1 N–H and O–H groups in total. The number of hydrogen-bond acceptors (Lipinski definition) is 2. The Morgan fingerprint density at radius 1 is 1.10 bits per heavy atom. The summed E-state index contributed by atoms with van der Waals surface area (Å²) in [4.78, 5) is 1.98. The van der Waals surface area contributed by atoms with Crippen LogP contribution in [0.5, 0.6) is 0 Å². The summed E-state index contributed by atoms with van der Waals surface area (Å²) >= 11 is 0. The zero-order valence-electron chi connectivity index (χ0n) is 12.0. The molecule has 1 heterocycles. The van der Waals surface area contributed by atoms with Gasteiger partial charge in [-0.25, -0.2) is 8.78 Å². The second-order valence-electron chi connectivity index (χ2n) is 5.27. The molecule has 1 aliphatic rings. The van der Waals surface area contributed by atoms with Crippen molar-refractivity contribution in [2.24, 2.45) is 0 Å². The number of anilines is 2. The zero-order valence-corrected chi connectivity index (χ0v) is 12.0. The van der Waals surface area contributed by atoms with Crippen molar-refractivity contribution in [3.8, 4) is 0 Å². The van der Waals surface area contributed by atoms with Crippen molar-refractivity contribution in [2.45, 2.75) is 19.9 Å². The number of halogens is 2. The number of rotatable bonds is 4. The Morgan fingerprint density at radius 3 is 2.76 bits per heavy atom. The predicted molar refractivity (Wildman–Crippen MR) is 80.9 cm³/mol. The van der Waals surface area contributed by atoms with Crippen LogP contribution in [0.1, 0.15) is 18.1 Å². The highest BCUT2D eigenvalue weighted by Crippen LogP contribution is 2.35. The van der Waals surface area contributed by atoms with E-state index in [0.717, 1.165) is 42.0 Å². The highest BCUT2D eigenvalue weighted by molar-refractivity contribution is 5.70. The highest BCUT2D eigenvalue weighted by atomic mass is 19.1. The fraction of sp³-hybridized carbons (Fsp3) is 0.294. The number of benzene rings is 2. The molecular formula is C17H18F2N2. The third kappa shape index (κ3) is 2.90. The molecule has 0 aliphatic carbocycles. The third-order valence-electron chi connectivity index (χ3n) is 3.78. The van der Waals surface area contributed by atoms with Crippen molar-refractivity contribution in [3.63, 3.8) is 0 Å². The molecule has 0 saturated heterocycles. The minimum Gasteiger partial charge on any atom is -0.341 e. The van der Waals surface area contributed by atoms with E-state index in [0.29, 0.717) is 6.54 Å². The fourth-order valence-electron chi connectivity index (χ4n) is 2.78. The average molecular weight is 288 g/mol. The van der Waals surface area contributed by atoms with Crippen molar-refractivity contribution in [1.82, 2.24) is 5.32 Å². The Hall–Kier alpha value is -1.94. The molecule has 0 saturated carbocycles. The summed E-state index contributed by atoms with van der Waals surface area (Å²) in [7, 11) is 0. The molecule has 2 nitrogen and oxygen atoms in total. The van der Waals surface area contributed by atoms with Crippen molar-refractivity contribution in [2.75, 3.05) is 18.0 Å². The molecule has 2 aromatic rings. The second kappa shape index (κ2) is 5.82. The first-order valence-corrected chi connectivity index (χ1v) is 7.23. The zero-order chi connectivity index (χ0) is 14.8. The van der Waals surface area contributed by atoms with Gasteiger partial charge in [-0.2, -0.15) is 0 Å². The molecule has 0 spiro atoms. The summed E-state index contributed by atoms with van der Waals surface area (Å²) in [6, 6.07) is 9.82. The van der Waals surface area contributed by atoms with Crippen LogP contribution in [-0.4, -0.2) is 13.1 Å². The molecule has 4 heteroatoms.